The number of benzene rings is 1. The van der Waals surface area contributed by atoms with Crippen molar-refractivity contribution in [3.8, 4) is 22.5 Å². The van der Waals surface area contributed by atoms with Crippen LogP contribution in [0.25, 0.3) is 22.5 Å². The summed E-state index contributed by atoms with van der Waals surface area (Å²) in [6.45, 7) is 1.86. The minimum absolute atomic E-state index is 0.00429. The van der Waals surface area contributed by atoms with Crippen LogP contribution in [0.2, 0.25) is 0 Å². The van der Waals surface area contributed by atoms with E-state index in [-0.39, 0.29) is 17.6 Å². The maximum absolute atomic E-state index is 13.3. The molecule has 1 aliphatic rings. The molecule has 0 aliphatic carbocycles. The molecule has 0 radical (unpaired) electrons. The van der Waals surface area contributed by atoms with Gasteiger partial charge in [0.1, 0.15) is 5.82 Å². The first-order valence-electron chi connectivity index (χ1n) is 9.47. The SMILES string of the molecule is C=CC(=O)N1CCC(c2cnc(-c3ccc(F)cc3)cc2-c2ccn(C(F)F)n2)C1. The average molecular weight is 412 g/mol. The Bertz CT molecular complexity index is 1080. The highest BCUT2D eigenvalue weighted by Gasteiger charge is 2.29. The van der Waals surface area contributed by atoms with E-state index in [9.17, 15) is 18.0 Å². The summed E-state index contributed by atoms with van der Waals surface area (Å²) < 4.78 is 40.0. The van der Waals surface area contributed by atoms with Gasteiger partial charge in [0.05, 0.1) is 11.4 Å². The fourth-order valence-corrected chi connectivity index (χ4v) is 3.73. The molecule has 0 spiro atoms. The van der Waals surface area contributed by atoms with Crippen LogP contribution in [0.3, 0.4) is 0 Å². The second kappa shape index (κ2) is 8.14. The van der Waals surface area contributed by atoms with Crippen LogP contribution in [0, 0.1) is 5.82 Å². The van der Waals surface area contributed by atoms with Crippen molar-refractivity contribution in [2.45, 2.75) is 18.9 Å². The number of aromatic nitrogens is 3. The number of halogens is 3. The summed E-state index contributed by atoms with van der Waals surface area (Å²) in [6, 6.07) is 9.20. The van der Waals surface area contributed by atoms with Crippen LogP contribution in [0.1, 0.15) is 24.5 Å². The number of pyridine rings is 1. The Hall–Kier alpha value is -3.42. The van der Waals surface area contributed by atoms with E-state index in [1.807, 2.05) is 0 Å². The number of hydrogen-bond donors (Lipinski definition) is 0. The van der Waals surface area contributed by atoms with Gasteiger partial charge in [-0.25, -0.2) is 9.07 Å². The zero-order chi connectivity index (χ0) is 21.3. The molecule has 2 aromatic heterocycles. The minimum Gasteiger partial charge on any atom is -0.339 e. The number of hydrogen-bond acceptors (Lipinski definition) is 3. The number of amides is 1. The molecule has 0 bridgehead atoms. The number of rotatable bonds is 5. The third kappa shape index (κ3) is 3.85. The molecule has 5 nitrogen and oxygen atoms in total. The number of alkyl halides is 2. The van der Waals surface area contributed by atoms with Crippen molar-refractivity contribution in [1.29, 1.82) is 0 Å². The minimum atomic E-state index is -2.74. The van der Waals surface area contributed by atoms with Crippen molar-refractivity contribution in [3.05, 3.63) is 72.8 Å². The van der Waals surface area contributed by atoms with Gasteiger partial charge in [-0.2, -0.15) is 13.9 Å². The van der Waals surface area contributed by atoms with Gasteiger partial charge in [0.15, 0.2) is 0 Å². The van der Waals surface area contributed by atoms with E-state index in [4.69, 9.17) is 0 Å². The Morgan fingerprint density at radius 1 is 1.20 bits per heavy atom. The number of nitrogens with zero attached hydrogens (tertiary/aromatic N) is 4. The van der Waals surface area contributed by atoms with Crippen LogP contribution in [-0.2, 0) is 4.79 Å². The Balaban J connectivity index is 1.76. The van der Waals surface area contributed by atoms with Crippen molar-refractivity contribution >= 4 is 5.91 Å². The monoisotopic (exact) mass is 412 g/mol. The van der Waals surface area contributed by atoms with E-state index < -0.39 is 6.55 Å². The molecule has 1 aromatic carbocycles. The third-order valence-electron chi connectivity index (χ3n) is 5.27. The van der Waals surface area contributed by atoms with E-state index in [0.717, 1.165) is 12.0 Å². The molecule has 1 aliphatic heterocycles. The molecule has 1 saturated heterocycles. The van der Waals surface area contributed by atoms with Crippen LogP contribution < -0.4 is 0 Å². The van der Waals surface area contributed by atoms with Gasteiger partial charge < -0.3 is 4.90 Å². The van der Waals surface area contributed by atoms with Crippen molar-refractivity contribution < 1.29 is 18.0 Å². The quantitative estimate of drug-likeness (QED) is 0.574. The second-order valence-electron chi connectivity index (χ2n) is 7.10. The zero-order valence-electron chi connectivity index (χ0n) is 16.0. The Morgan fingerprint density at radius 2 is 1.97 bits per heavy atom. The van der Waals surface area contributed by atoms with Gasteiger partial charge in [-0.3, -0.25) is 9.78 Å². The largest absolute Gasteiger partial charge is 0.339 e. The van der Waals surface area contributed by atoms with Crippen molar-refractivity contribution in [2.75, 3.05) is 13.1 Å². The van der Waals surface area contributed by atoms with Crippen LogP contribution in [0.4, 0.5) is 13.2 Å². The molecule has 8 heteroatoms. The summed E-state index contributed by atoms with van der Waals surface area (Å²) in [5.41, 5.74) is 3.18. The lowest BCUT2D eigenvalue weighted by molar-refractivity contribution is -0.125. The Labute approximate surface area is 171 Å². The smallest absolute Gasteiger partial charge is 0.333 e. The maximum atomic E-state index is 13.3. The highest BCUT2D eigenvalue weighted by atomic mass is 19.3. The highest BCUT2D eigenvalue weighted by molar-refractivity contribution is 5.87. The summed E-state index contributed by atoms with van der Waals surface area (Å²) >= 11 is 0. The van der Waals surface area contributed by atoms with Gasteiger partial charge in [0.25, 0.3) is 0 Å². The zero-order valence-corrected chi connectivity index (χ0v) is 16.0. The lowest BCUT2D eigenvalue weighted by Crippen LogP contribution is -2.26. The number of carbonyl (C=O) groups excluding carboxylic acids is 1. The predicted molar refractivity (Wildman–Crippen MR) is 106 cm³/mol. The lowest BCUT2D eigenvalue weighted by atomic mass is 9.92. The molecule has 1 amide bonds. The van der Waals surface area contributed by atoms with Gasteiger partial charge in [-0.15, -0.1) is 0 Å². The van der Waals surface area contributed by atoms with Gasteiger partial charge in [-0.05, 0) is 54.5 Å². The van der Waals surface area contributed by atoms with Gasteiger partial charge in [0.2, 0.25) is 5.91 Å². The topological polar surface area (TPSA) is 51.0 Å². The van der Waals surface area contributed by atoms with E-state index in [1.165, 1.54) is 30.5 Å². The molecule has 3 heterocycles. The van der Waals surface area contributed by atoms with Crippen molar-refractivity contribution in [1.82, 2.24) is 19.7 Å². The summed E-state index contributed by atoms with van der Waals surface area (Å²) in [7, 11) is 0. The van der Waals surface area contributed by atoms with E-state index in [0.29, 0.717) is 40.3 Å². The highest BCUT2D eigenvalue weighted by Crippen LogP contribution is 2.36. The second-order valence-corrected chi connectivity index (χ2v) is 7.10. The van der Waals surface area contributed by atoms with Gasteiger partial charge >= 0.3 is 6.55 Å². The molecular weight excluding hydrogens is 393 g/mol. The van der Waals surface area contributed by atoms with E-state index in [2.05, 4.69) is 16.7 Å². The molecule has 3 aromatic rings. The summed E-state index contributed by atoms with van der Waals surface area (Å²) in [5.74, 6) is -0.503. The molecule has 1 atom stereocenters. The van der Waals surface area contributed by atoms with E-state index in [1.54, 1.807) is 29.3 Å². The fourth-order valence-electron chi connectivity index (χ4n) is 3.73. The van der Waals surface area contributed by atoms with Crippen LogP contribution in [-0.4, -0.2) is 38.7 Å². The van der Waals surface area contributed by atoms with Crippen LogP contribution in [0.5, 0.6) is 0 Å². The van der Waals surface area contributed by atoms with Gasteiger partial charge in [0, 0.05) is 42.5 Å². The summed E-state index contributed by atoms with van der Waals surface area (Å²) in [5, 5.41) is 4.01. The number of carbonyl (C=O) groups is 1. The van der Waals surface area contributed by atoms with E-state index >= 15 is 0 Å². The van der Waals surface area contributed by atoms with Gasteiger partial charge in [-0.1, -0.05) is 6.58 Å². The normalized spacial score (nSPS) is 16.3. The predicted octanol–water partition coefficient (Wildman–Crippen LogP) is 4.65. The van der Waals surface area contributed by atoms with Crippen LogP contribution >= 0.6 is 0 Å². The Morgan fingerprint density at radius 3 is 2.63 bits per heavy atom. The molecule has 1 fully saturated rings. The first kappa shape index (κ1) is 19.9. The first-order valence-corrected chi connectivity index (χ1v) is 9.47. The number of likely N-dealkylation sites (tertiary alicyclic amines) is 1. The third-order valence-corrected chi connectivity index (χ3v) is 5.27. The summed E-state index contributed by atoms with van der Waals surface area (Å²) in [6.07, 6.45) is 4.93. The van der Waals surface area contributed by atoms with Crippen LogP contribution in [0.15, 0.2) is 61.4 Å². The average Bonchev–Trinajstić information content (AvgIpc) is 3.43. The maximum Gasteiger partial charge on any atom is 0.333 e. The molecule has 4 rings (SSSR count). The molecule has 30 heavy (non-hydrogen) atoms. The summed E-state index contributed by atoms with van der Waals surface area (Å²) in [4.78, 5) is 18.2. The standard InChI is InChI=1S/C22H19F3N4O/c1-2-21(30)28-9-7-15(13-28)18-12-26-20(14-3-5-16(23)6-4-14)11-17(18)19-8-10-29(27-19)22(24)25/h2-6,8,10-12,15,22H,1,7,9,13H2. The van der Waals surface area contributed by atoms with Crippen molar-refractivity contribution in [2.24, 2.45) is 0 Å². The Kier molecular flexibility index (Phi) is 5.39. The molecule has 0 N–H and O–H groups in total. The molecule has 154 valence electrons. The van der Waals surface area contributed by atoms with Crippen molar-refractivity contribution in [3.63, 3.8) is 0 Å². The first-order chi connectivity index (χ1) is 14.5. The lowest BCUT2D eigenvalue weighted by Gasteiger charge is -2.17. The molecular formula is C22H19F3N4O. The fraction of sp³-hybridized carbons (Fsp3) is 0.227. The molecule has 1 unspecified atom stereocenters. The molecule has 0 saturated carbocycles.